The zero-order chi connectivity index (χ0) is 24.4. The SMILES string of the molecule is CC1C(C)N(c2cccc(Cl)c2)CCN1C(=O)c1ccc([S+]([O-])CC(=O)c2nccs2)c(Cl)c1. The maximum Gasteiger partial charge on any atom is 0.254 e. The number of halogens is 2. The molecule has 1 aromatic heterocycles. The van der Waals surface area contributed by atoms with E-state index in [1.165, 1.54) is 23.6 Å². The molecule has 178 valence electrons. The number of rotatable bonds is 6. The summed E-state index contributed by atoms with van der Waals surface area (Å²) in [5.41, 5.74) is 1.45. The lowest BCUT2D eigenvalue weighted by molar-refractivity contribution is 0.0634. The molecule has 2 aromatic carbocycles. The smallest absolute Gasteiger partial charge is 0.254 e. The van der Waals surface area contributed by atoms with Crippen LogP contribution in [0.3, 0.4) is 0 Å². The van der Waals surface area contributed by atoms with E-state index in [2.05, 4.69) is 16.8 Å². The van der Waals surface area contributed by atoms with E-state index in [4.69, 9.17) is 23.2 Å². The molecule has 3 unspecified atom stereocenters. The summed E-state index contributed by atoms with van der Waals surface area (Å²) < 4.78 is 12.7. The Balaban J connectivity index is 1.46. The number of amides is 1. The summed E-state index contributed by atoms with van der Waals surface area (Å²) in [6, 6.07) is 12.5. The van der Waals surface area contributed by atoms with Gasteiger partial charge in [0.25, 0.3) is 5.91 Å². The van der Waals surface area contributed by atoms with Gasteiger partial charge >= 0.3 is 0 Å². The minimum Gasteiger partial charge on any atom is -0.611 e. The molecule has 0 bridgehead atoms. The number of anilines is 1. The molecule has 34 heavy (non-hydrogen) atoms. The van der Waals surface area contributed by atoms with Crippen LogP contribution in [0.5, 0.6) is 0 Å². The van der Waals surface area contributed by atoms with Gasteiger partial charge in [-0.2, -0.15) is 0 Å². The number of thiazole rings is 1. The number of hydrogen-bond donors (Lipinski definition) is 0. The van der Waals surface area contributed by atoms with Gasteiger partial charge in [-0.1, -0.05) is 29.3 Å². The van der Waals surface area contributed by atoms with Crippen LogP contribution in [0.25, 0.3) is 0 Å². The summed E-state index contributed by atoms with van der Waals surface area (Å²) in [5.74, 6) is -0.645. The number of Topliss-reactive ketones (excluding diaryl/α,β-unsaturated/α-hetero) is 1. The van der Waals surface area contributed by atoms with Crippen molar-refractivity contribution < 1.29 is 14.1 Å². The molecule has 0 aliphatic carbocycles. The summed E-state index contributed by atoms with van der Waals surface area (Å²) in [6.07, 6.45) is 1.53. The highest BCUT2D eigenvalue weighted by atomic mass is 35.5. The quantitative estimate of drug-likeness (QED) is 0.321. The Bertz CT molecular complexity index is 1190. The van der Waals surface area contributed by atoms with Gasteiger partial charge in [-0.05, 0) is 61.4 Å². The Morgan fingerprint density at radius 1 is 1.15 bits per heavy atom. The molecule has 3 atom stereocenters. The average molecular weight is 537 g/mol. The molecular formula is C24H23Cl2N3O3S2. The van der Waals surface area contributed by atoms with E-state index in [-0.39, 0.29) is 34.5 Å². The van der Waals surface area contributed by atoms with Gasteiger partial charge in [-0.15, -0.1) is 11.3 Å². The van der Waals surface area contributed by atoms with E-state index in [0.717, 1.165) is 5.69 Å². The van der Waals surface area contributed by atoms with E-state index in [1.54, 1.807) is 17.5 Å². The minimum absolute atomic E-state index is 0.0521. The van der Waals surface area contributed by atoms with Crippen molar-refractivity contribution in [2.75, 3.05) is 23.7 Å². The lowest BCUT2D eigenvalue weighted by Crippen LogP contribution is -2.59. The number of benzene rings is 2. The van der Waals surface area contributed by atoms with Crippen molar-refractivity contribution in [3.8, 4) is 0 Å². The molecule has 3 aromatic rings. The monoisotopic (exact) mass is 535 g/mol. The number of ketones is 1. The maximum absolute atomic E-state index is 13.3. The average Bonchev–Trinajstić information content (AvgIpc) is 3.35. The van der Waals surface area contributed by atoms with Gasteiger partial charge in [0.05, 0.1) is 5.02 Å². The van der Waals surface area contributed by atoms with Crippen LogP contribution >= 0.6 is 34.5 Å². The van der Waals surface area contributed by atoms with Crippen molar-refractivity contribution in [3.63, 3.8) is 0 Å². The van der Waals surface area contributed by atoms with Crippen LogP contribution in [0.1, 0.15) is 34.0 Å². The van der Waals surface area contributed by atoms with E-state index in [1.807, 2.05) is 36.1 Å². The van der Waals surface area contributed by atoms with E-state index < -0.39 is 11.2 Å². The molecule has 0 saturated carbocycles. The molecule has 1 amide bonds. The van der Waals surface area contributed by atoms with E-state index in [9.17, 15) is 14.1 Å². The van der Waals surface area contributed by atoms with Crippen molar-refractivity contribution in [1.82, 2.24) is 9.88 Å². The minimum atomic E-state index is -1.63. The van der Waals surface area contributed by atoms with Crippen LogP contribution in [0, 0.1) is 0 Å². The number of piperazine rings is 1. The number of aromatic nitrogens is 1. The van der Waals surface area contributed by atoms with Crippen LogP contribution < -0.4 is 4.90 Å². The Morgan fingerprint density at radius 2 is 1.94 bits per heavy atom. The number of carbonyl (C=O) groups is 2. The first-order valence-electron chi connectivity index (χ1n) is 10.7. The van der Waals surface area contributed by atoms with Gasteiger partial charge in [0.1, 0.15) is 0 Å². The van der Waals surface area contributed by atoms with Crippen LogP contribution in [0.2, 0.25) is 10.0 Å². The Hall–Kier alpha value is -2.10. The molecule has 0 N–H and O–H groups in total. The van der Waals surface area contributed by atoms with Crippen molar-refractivity contribution >= 4 is 63.1 Å². The third-order valence-corrected chi connectivity index (χ3v) is 8.87. The predicted octanol–water partition coefficient (Wildman–Crippen LogP) is 5.18. The van der Waals surface area contributed by atoms with Gasteiger partial charge in [-0.3, -0.25) is 9.59 Å². The fourth-order valence-corrected chi connectivity index (χ4v) is 6.37. The molecule has 1 fully saturated rings. The molecule has 1 saturated heterocycles. The molecule has 6 nitrogen and oxygen atoms in total. The molecule has 10 heteroatoms. The Kier molecular flexibility index (Phi) is 7.84. The lowest BCUT2D eigenvalue weighted by Gasteiger charge is -2.46. The molecule has 2 heterocycles. The molecule has 0 spiro atoms. The van der Waals surface area contributed by atoms with Crippen molar-refractivity contribution in [2.45, 2.75) is 30.8 Å². The second-order valence-electron chi connectivity index (χ2n) is 8.05. The highest BCUT2D eigenvalue weighted by molar-refractivity contribution is 7.92. The first-order chi connectivity index (χ1) is 16.3. The van der Waals surface area contributed by atoms with Gasteiger partial charge < -0.3 is 14.4 Å². The third-order valence-electron chi connectivity index (χ3n) is 6.02. The standard InChI is InChI=1S/C24H23Cl2N3O3S2/c1-15-16(2)29(10-9-28(15)19-5-3-4-18(25)13-19)24(31)17-6-7-22(20(26)12-17)34(32)14-21(30)23-27-8-11-33-23/h3-8,11-13,15-16H,9-10,14H2,1-2H3. The highest BCUT2D eigenvalue weighted by Gasteiger charge is 2.34. The van der Waals surface area contributed by atoms with Gasteiger partial charge in [-0.25, -0.2) is 4.98 Å². The van der Waals surface area contributed by atoms with Gasteiger partial charge in [0.2, 0.25) is 5.78 Å². The van der Waals surface area contributed by atoms with Crippen molar-refractivity contribution in [2.24, 2.45) is 0 Å². The van der Waals surface area contributed by atoms with Gasteiger partial charge in [0.15, 0.2) is 15.7 Å². The molecule has 1 aliphatic heterocycles. The number of nitrogens with zero attached hydrogens (tertiary/aromatic N) is 3. The van der Waals surface area contributed by atoms with Crippen LogP contribution in [0.4, 0.5) is 5.69 Å². The zero-order valence-corrected chi connectivity index (χ0v) is 21.8. The van der Waals surface area contributed by atoms with Gasteiger partial charge in [0, 0.05) is 53.0 Å². The highest BCUT2D eigenvalue weighted by Crippen LogP contribution is 2.29. The lowest BCUT2D eigenvalue weighted by atomic mass is 10.0. The van der Waals surface area contributed by atoms with Crippen LogP contribution in [-0.2, 0) is 11.2 Å². The van der Waals surface area contributed by atoms with Crippen LogP contribution in [-0.4, -0.2) is 57.1 Å². The number of carbonyl (C=O) groups excluding carboxylic acids is 2. The summed E-state index contributed by atoms with van der Waals surface area (Å²) in [6.45, 7) is 5.33. The Morgan fingerprint density at radius 3 is 2.62 bits per heavy atom. The molecular weight excluding hydrogens is 513 g/mol. The maximum atomic E-state index is 13.3. The second kappa shape index (κ2) is 10.7. The van der Waals surface area contributed by atoms with Crippen LogP contribution in [0.15, 0.2) is 58.9 Å². The van der Waals surface area contributed by atoms with Crippen molar-refractivity contribution in [1.29, 1.82) is 0 Å². The van der Waals surface area contributed by atoms with Crippen molar-refractivity contribution in [3.05, 3.63) is 74.7 Å². The fourth-order valence-electron chi connectivity index (χ4n) is 4.05. The summed E-state index contributed by atoms with van der Waals surface area (Å²) in [7, 11) is 0. The fraction of sp³-hybridized carbons (Fsp3) is 0.292. The number of hydrogen-bond acceptors (Lipinski definition) is 6. The third kappa shape index (κ3) is 5.26. The molecule has 1 aliphatic rings. The topological polar surface area (TPSA) is 76.6 Å². The first-order valence-corrected chi connectivity index (χ1v) is 13.7. The zero-order valence-electron chi connectivity index (χ0n) is 18.6. The normalized spacial score (nSPS) is 19.2. The largest absolute Gasteiger partial charge is 0.611 e. The molecule has 4 rings (SSSR count). The summed E-state index contributed by atoms with van der Waals surface area (Å²) in [5, 5.41) is 2.89. The predicted molar refractivity (Wildman–Crippen MR) is 138 cm³/mol. The Labute approximate surface area is 215 Å². The molecule has 0 radical (unpaired) electrons. The van der Waals surface area contributed by atoms with E-state index in [0.29, 0.717) is 33.6 Å². The summed E-state index contributed by atoms with van der Waals surface area (Å²) in [4.78, 5) is 33.9. The first kappa shape index (κ1) is 25.0. The van der Waals surface area contributed by atoms with E-state index >= 15 is 0 Å². The second-order valence-corrected chi connectivity index (χ2v) is 11.2. The summed E-state index contributed by atoms with van der Waals surface area (Å²) >= 11 is 12.1.